The lowest BCUT2D eigenvalue weighted by Crippen LogP contribution is -2.47. The Labute approximate surface area is 122 Å². The molecule has 2 saturated heterocycles. The van der Waals surface area contributed by atoms with Gasteiger partial charge < -0.3 is 14.6 Å². The molecule has 3 heterocycles. The molecule has 0 atom stereocenters. The van der Waals surface area contributed by atoms with E-state index in [9.17, 15) is 14.9 Å². The summed E-state index contributed by atoms with van der Waals surface area (Å²) in [6, 6.07) is 2.61. The Morgan fingerprint density at radius 3 is 2.48 bits per heavy atom. The van der Waals surface area contributed by atoms with E-state index >= 15 is 0 Å². The minimum atomic E-state index is -0.628. The van der Waals surface area contributed by atoms with Gasteiger partial charge in [0.15, 0.2) is 5.76 Å². The van der Waals surface area contributed by atoms with Gasteiger partial charge in [0.05, 0.1) is 6.07 Å². The normalized spacial score (nSPS) is 21.4. The topological polar surface area (TPSA) is 88.6 Å². The first-order chi connectivity index (χ1) is 10.1. The minimum absolute atomic E-state index is 0.0583. The lowest BCUT2D eigenvalue weighted by Gasteiger charge is -2.44. The first-order valence-electron chi connectivity index (χ1n) is 7.34. The van der Waals surface area contributed by atoms with Crippen LogP contribution in [-0.2, 0) is 0 Å². The number of hydrogen-bond acceptors (Lipinski definition) is 5. The number of carbonyl (C=O) groups excluding carboxylic acids is 1. The van der Waals surface area contributed by atoms with E-state index < -0.39 is 4.92 Å². The van der Waals surface area contributed by atoms with E-state index in [0.717, 1.165) is 25.9 Å². The van der Waals surface area contributed by atoms with Crippen LogP contribution in [0.1, 0.15) is 36.2 Å². The Morgan fingerprint density at radius 2 is 1.90 bits per heavy atom. The molecule has 0 unspecified atom stereocenters. The summed E-state index contributed by atoms with van der Waals surface area (Å²) in [5.74, 6) is -0.569. The summed E-state index contributed by atoms with van der Waals surface area (Å²) in [6.07, 6.45) is 4.34. The summed E-state index contributed by atoms with van der Waals surface area (Å²) in [5.41, 5.74) is 0.372. The Kier molecular flexibility index (Phi) is 3.67. The van der Waals surface area contributed by atoms with Crippen LogP contribution in [0, 0.1) is 15.5 Å². The lowest BCUT2D eigenvalue weighted by molar-refractivity contribution is -0.402. The molecular weight excluding hydrogens is 274 g/mol. The molecule has 0 aliphatic carbocycles. The second-order valence-electron chi connectivity index (χ2n) is 5.94. The van der Waals surface area contributed by atoms with Gasteiger partial charge in [0.1, 0.15) is 4.92 Å². The first-order valence-corrected chi connectivity index (χ1v) is 7.34. The number of likely N-dealkylation sites (tertiary alicyclic amines) is 1. The van der Waals surface area contributed by atoms with Crippen molar-refractivity contribution in [1.82, 2.24) is 10.2 Å². The van der Waals surface area contributed by atoms with Crippen molar-refractivity contribution >= 4 is 11.8 Å². The maximum atomic E-state index is 12.3. The molecule has 1 aromatic heterocycles. The molecule has 0 radical (unpaired) electrons. The summed E-state index contributed by atoms with van der Waals surface area (Å²) in [4.78, 5) is 24.0. The fraction of sp³-hybridized carbons (Fsp3) is 0.643. The van der Waals surface area contributed by atoms with E-state index in [1.165, 1.54) is 25.0 Å². The zero-order valence-corrected chi connectivity index (χ0v) is 11.8. The van der Waals surface area contributed by atoms with E-state index in [4.69, 9.17) is 4.42 Å². The van der Waals surface area contributed by atoms with E-state index in [2.05, 4.69) is 5.32 Å². The molecule has 0 aromatic carbocycles. The maximum Gasteiger partial charge on any atom is 0.433 e. The van der Waals surface area contributed by atoms with Crippen LogP contribution in [0.2, 0.25) is 0 Å². The third-order valence-corrected chi connectivity index (χ3v) is 4.76. The Morgan fingerprint density at radius 1 is 1.24 bits per heavy atom. The van der Waals surface area contributed by atoms with Crippen LogP contribution < -0.4 is 5.32 Å². The number of piperidine rings is 2. The standard InChI is InChI=1S/C14H19N3O4/c18-13(11-1-2-12(21-11)17(19)20)16-9-5-14(6-10-16)3-7-15-8-4-14/h1-2,15H,3-10H2. The van der Waals surface area contributed by atoms with Crippen molar-refractivity contribution in [3.63, 3.8) is 0 Å². The van der Waals surface area contributed by atoms with Crippen LogP contribution in [0.4, 0.5) is 5.88 Å². The molecule has 0 bridgehead atoms. The van der Waals surface area contributed by atoms with Gasteiger partial charge in [0, 0.05) is 13.1 Å². The molecule has 7 nitrogen and oxygen atoms in total. The zero-order chi connectivity index (χ0) is 14.9. The molecule has 1 aromatic rings. The van der Waals surface area contributed by atoms with Crippen LogP contribution >= 0.6 is 0 Å². The van der Waals surface area contributed by atoms with Gasteiger partial charge in [-0.05, 0) is 50.3 Å². The number of nitro groups is 1. The van der Waals surface area contributed by atoms with Gasteiger partial charge in [-0.2, -0.15) is 0 Å². The third-order valence-electron chi connectivity index (χ3n) is 4.76. The first kappa shape index (κ1) is 14.1. The van der Waals surface area contributed by atoms with Gasteiger partial charge >= 0.3 is 5.88 Å². The van der Waals surface area contributed by atoms with E-state index in [0.29, 0.717) is 18.5 Å². The van der Waals surface area contributed by atoms with Gasteiger partial charge in [0.25, 0.3) is 5.91 Å². The van der Waals surface area contributed by atoms with Gasteiger partial charge in [-0.3, -0.25) is 14.9 Å². The Hall–Kier alpha value is -1.89. The van der Waals surface area contributed by atoms with Crippen LogP contribution in [0.5, 0.6) is 0 Å². The maximum absolute atomic E-state index is 12.3. The molecule has 3 rings (SSSR count). The molecule has 0 saturated carbocycles. The molecule has 2 aliphatic heterocycles. The molecule has 7 heteroatoms. The van der Waals surface area contributed by atoms with Crippen molar-refractivity contribution in [2.45, 2.75) is 25.7 Å². The molecular formula is C14H19N3O4. The molecule has 2 fully saturated rings. The van der Waals surface area contributed by atoms with Crippen molar-refractivity contribution in [1.29, 1.82) is 0 Å². The highest BCUT2D eigenvalue weighted by atomic mass is 16.6. The zero-order valence-electron chi connectivity index (χ0n) is 11.8. The summed E-state index contributed by atoms with van der Waals surface area (Å²) < 4.78 is 5.00. The summed E-state index contributed by atoms with van der Waals surface area (Å²) in [6.45, 7) is 3.51. The van der Waals surface area contributed by atoms with Crippen LogP contribution in [-0.4, -0.2) is 41.9 Å². The van der Waals surface area contributed by atoms with E-state index in [1.807, 2.05) is 0 Å². The van der Waals surface area contributed by atoms with Crippen LogP contribution in [0.25, 0.3) is 0 Å². The summed E-state index contributed by atoms with van der Waals surface area (Å²) >= 11 is 0. The molecule has 1 amide bonds. The summed E-state index contributed by atoms with van der Waals surface area (Å²) in [5, 5.41) is 14.0. The number of nitrogens with one attached hydrogen (secondary N) is 1. The highest BCUT2D eigenvalue weighted by Gasteiger charge is 2.37. The van der Waals surface area contributed by atoms with Gasteiger partial charge in [-0.25, -0.2) is 0 Å². The SMILES string of the molecule is O=C(c1ccc([N+](=O)[O-])o1)N1CCC2(CCNCC2)CC1. The third kappa shape index (κ3) is 2.78. The van der Waals surface area contributed by atoms with Crippen molar-refractivity contribution in [3.8, 4) is 0 Å². The quantitative estimate of drug-likeness (QED) is 0.663. The molecule has 2 aliphatic rings. The highest BCUT2D eigenvalue weighted by Crippen LogP contribution is 2.39. The van der Waals surface area contributed by atoms with Crippen LogP contribution in [0.15, 0.2) is 16.5 Å². The van der Waals surface area contributed by atoms with E-state index in [1.54, 1.807) is 4.90 Å². The van der Waals surface area contributed by atoms with Crippen LogP contribution in [0.3, 0.4) is 0 Å². The van der Waals surface area contributed by atoms with Crippen molar-refractivity contribution in [2.75, 3.05) is 26.2 Å². The number of amides is 1. The molecule has 1 spiro atoms. The average molecular weight is 293 g/mol. The number of furan rings is 1. The van der Waals surface area contributed by atoms with Gasteiger partial charge in [-0.15, -0.1) is 0 Å². The number of nitrogens with zero attached hydrogens (tertiary/aromatic N) is 2. The summed E-state index contributed by atoms with van der Waals surface area (Å²) in [7, 11) is 0. The fourth-order valence-electron chi connectivity index (χ4n) is 3.34. The smallest absolute Gasteiger partial charge is 0.395 e. The lowest BCUT2D eigenvalue weighted by atomic mass is 9.71. The second kappa shape index (κ2) is 5.48. The van der Waals surface area contributed by atoms with E-state index in [-0.39, 0.29) is 17.6 Å². The molecule has 21 heavy (non-hydrogen) atoms. The number of carbonyl (C=O) groups is 1. The predicted octanol–water partition coefficient (Wildman–Crippen LogP) is 1.79. The Balaban J connectivity index is 1.63. The fourth-order valence-corrected chi connectivity index (χ4v) is 3.34. The monoisotopic (exact) mass is 293 g/mol. The second-order valence-corrected chi connectivity index (χ2v) is 5.94. The van der Waals surface area contributed by atoms with Crippen molar-refractivity contribution < 1.29 is 14.1 Å². The highest BCUT2D eigenvalue weighted by molar-refractivity contribution is 5.91. The number of hydrogen-bond donors (Lipinski definition) is 1. The predicted molar refractivity (Wildman–Crippen MR) is 75.0 cm³/mol. The number of rotatable bonds is 2. The largest absolute Gasteiger partial charge is 0.433 e. The van der Waals surface area contributed by atoms with Gasteiger partial charge in [-0.1, -0.05) is 0 Å². The van der Waals surface area contributed by atoms with Crippen molar-refractivity contribution in [2.24, 2.45) is 5.41 Å². The Bertz CT molecular complexity index is 538. The van der Waals surface area contributed by atoms with Crippen molar-refractivity contribution in [3.05, 3.63) is 28.0 Å². The average Bonchev–Trinajstić information content (AvgIpc) is 2.98. The molecule has 114 valence electrons. The molecule has 1 N–H and O–H groups in total. The minimum Gasteiger partial charge on any atom is -0.395 e. The van der Waals surface area contributed by atoms with Gasteiger partial charge in [0.2, 0.25) is 0 Å².